The molecule has 0 heterocycles. The number of allylic oxidation sites excluding steroid dienone is 3. The molecule has 13 heavy (non-hydrogen) atoms. The number of rotatable bonds is 4. The average Bonchev–Trinajstić information content (AvgIpc) is 2.05. The van der Waals surface area contributed by atoms with Crippen molar-refractivity contribution in [1.29, 1.82) is 0 Å². The van der Waals surface area contributed by atoms with E-state index in [1.807, 2.05) is 19.9 Å². The second-order valence-electron chi connectivity index (χ2n) is 3.66. The van der Waals surface area contributed by atoms with Crippen molar-refractivity contribution in [2.45, 2.75) is 40.5 Å². The molecule has 1 unspecified atom stereocenters. The summed E-state index contributed by atoms with van der Waals surface area (Å²) in [6.45, 7) is 12.2. The lowest BCUT2D eigenvalue weighted by Crippen LogP contribution is -2.08. The third-order valence-corrected chi connectivity index (χ3v) is 2.12. The fourth-order valence-corrected chi connectivity index (χ4v) is 1.50. The molecule has 0 radical (unpaired) electrons. The highest BCUT2D eigenvalue weighted by Crippen LogP contribution is 2.27. The van der Waals surface area contributed by atoms with Gasteiger partial charge in [0.05, 0.1) is 0 Å². The Balaban J connectivity index is 4.65. The first-order chi connectivity index (χ1) is 6.08. The van der Waals surface area contributed by atoms with Crippen molar-refractivity contribution in [2.24, 2.45) is 5.41 Å². The van der Waals surface area contributed by atoms with E-state index >= 15 is 0 Å². The molecule has 0 nitrogen and oxygen atoms in total. The highest BCUT2D eigenvalue weighted by molar-refractivity contribution is 5.29. The van der Waals surface area contributed by atoms with Crippen LogP contribution in [0.2, 0.25) is 0 Å². The van der Waals surface area contributed by atoms with Gasteiger partial charge in [0, 0.05) is 5.41 Å². The summed E-state index contributed by atoms with van der Waals surface area (Å²) >= 11 is 0. The zero-order valence-electron chi connectivity index (χ0n) is 9.28. The topological polar surface area (TPSA) is 0 Å². The van der Waals surface area contributed by atoms with Gasteiger partial charge < -0.3 is 0 Å². The first-order valence-electron chi connectivity index (χ1n) is 4.83. The second kappa shape index (κ2) is 5.65. The summed E-state index contributed by atoms with van der Waals surface area (Å²) in [5.74, 6) is 5.96. The van der Waals surface area contributed by atoms with Gasteiger partial charge in [0.2, 0.25) is 0 Å². The molecule has 0 aromatic rings. The van der Waals surface area contributed by atoms with Gasteiger partial charge in [-0.05, 0) is 25.8 Å². The van der Waals surface area contributed by atoms with Crippen LogP contribution in [0.5, 0.6) is 0 Å². The quantitative estimate of drug-likeness (QED) is 0.449. The molecule has 0 aliphatic rings. The van der Waals surface area contributed by atoms with Crippen LogP contribution in [0.15, 0.2) is 24.3 Å². The predicted octanol–water partition coefficient (Wildman–Crippen LogP) is 3.95. The van der Waals surface area contributed by atoms with Gasteiger partial charge in [-0.15, -0.1) is 12.5 Å². The Hall–Kier alpha value is -0.960. The first kappa shape index (κ1) is 12.0. The maximum Gasteiger partial charge on any atom is 0.00419 e. The maximum atomic E-state index is 3.87. The van der Waals surface area contributed by atoms with Crippen molar-refractivity contribution in [3.05, 3.63) is 24.3 Å². The van der Waals surface area contributed by atoms with Crippen LogP contribution in [-0.4, -0.2) is 0 Å². The molecular weight excluding hydrogens is 156 g/mol. The standard InChI is InChI=1S/C13H20/c1-6-9-12(4)11-13(5,8-3)10-7-2/h8,11H,3,7,10H2,1-2,4-5H3. The van der Waals surface area contributed by atoms with Gasteiger partial charge in [-0.3, -0.25) is 0 Å². The van der Waals surface area contributed by atoms with Gasteiger partial charge in [0.25, 0.3) is 0 Å². The summed E-state index contributed by atoms with van der Waals surface area (Å²) in [6.07, 6.45) is 6.53. The van der Waals surface area contributed by atoms with Gasteiger partial charge in [0.1, 0.15) is 0 Å². The van der Waals surface area contributed by atoms with E-state index in [1.54, 1.807) is 0 Å². The summed E-state index contributed by atoms with van der Waals surface area (Å²) < 4.78 is 0. The zero-order valence-corrected chi connectivity index (χ0v) is 9.28. The van der Waals surface area contributed by atoms with Crippen LogP contribution in [0.4, 0.5) is 0 Å². The van der Waals surface area contributed by atoms with E-state index in [0.29, 0.717) is 0 Å². The molecule has 1 atom stereocenters. The maximum absolute atomic E-state index is 3.87. The minimum Gasteiger partial charge on any atom is -0.102 e. The van der Waals surface area contributed by atoms with Crippen LogP contribution in [0.25, 0.3) is 0 Å². The molecule has 0 spiro atoms. The molecule has 0 saturated heterocycles. The van der Waals surface area contributed by atoms with Gasteiger partial charge in [-0.2, -0.15) is 0 Å². The molecule has 0 aromatic heterocycles. The molecule has 0 fully saturated rings. The normalized spacial score (nSPS) is 15.5. The number of hydrogen-bond donors (Lipinski definition) is 0. The highest BCUT2D eigenvalue weighted by atomic mass is 14.2. The minimum absolute atomic E-state index is 0.114. The number of hydrogen-bond acceptors (Lipinski definition) is 0. The van der Waals surface area contributed by atoms with Crippen LogP contribution in [0.3, 0.4) is 0 Å². The Bertz CT molecular complexity index is 247. The third kappa shape index (κ3) is 4.58. The van der Waals surface area contributed by atoms with Crippen molar-refractivity contribution in [3.8, 4) is 11.8 Å². The fourth-order valence-electron chi connectivity index (χ4n) is 1.50. The van der Waals surface area contributed by atoms with E-state index in [9.17, 15) is 0 Å². The van der Waals surface area contributed by atoms with E-state index in [-0.39, 0.29) is 5.41 Å². The molecule has 72 valence electrons. The van der Waals surface area contributed by atoms with Gasteiger partial charge in [-0.1, -0.05) is 38.3 Å². The average molecular weight is 176 g/mol. The molecular formula is C13H20. The molecule has 0 amide bonds. The molecule has 0 saturated carbocycles. The van der Waals surface area contributed by atoms with Gasteiger partial charge in [-0.25, -0.2) is 0 Å². The van der Waals surface area contributed by atoms with Crippen molar-refractivity contribution < 1.29 is 0 Å². The molecule has 0 heteroatoms. The Morgan fingerprint density at radius 2 is 2.15 bits per heavy atom. The molecule has 0 aromatic carbocycles. The lowest BCUT2D eigenvalue weighted by molar-refractivity contribution is 0.491. The lowest BCUT2D eigenvalue weighted by atomic mass is 9.84. The lowest BCUT2D eigenvalue weighted by Gasteiger charge is -2.20. The molecule has 0 rings (SSSR count). The fraction of sp³-hybridized carbons (Fsp3) is 0.538. The van der Waals surface area contributed by atoms with Crippen LogP contribution in [0, 0.1) is 17.3 Å². The third-order valence-electron chi connectivity index (χ3n) is 2.12. The Kier molecular flexibility index (Phi) is 5.23. The zero-order chi connectivity index (χ0) is 10.3. The minimum atomic E-state index is 0.114. The smallest absolute Gasteiger partial charge is 0.00419 e. The van der Waals surface area contributed by atoms with E-state index < -0.39 is 0 Å². The summed E-state index contributed by atoms with van der Waals surface area (Å²) in [5, 5.41) is 0. The molecule has 0 aliphatic heterocycles. The van der Waals surface area contributed by atoms with Crippen LogP contribution >= 0.6 is 0 Å². The van der Waals surface area contributed by atoms with E-state index in [2.05, 4.69) is 38.3 Å². The molecule has 0 aliphatic carbocycles. The Labute approximate surface area is 82.7 Å². The first-order valence-corrected chi connectivity index (χ1v) is 4.83. The second-order valence-corrected chi connectivity index (χ2v) is 3.66. The summed E-state index contributed by atoms with van der Waals surface area (Å²) in [6, 6.07) is 0. The van der Waals surface area contributed by atoms with Crippen LogP contribution in [-0.2, 0) is 0 Å². The van der Waals surface area contributed by atoms with Crippen molar-refractivity contribution in [3.63, 3.8) is 0 Å². The SMILES string of the molecule is C=CC(C)(C=C(C)C#CC)CCC. The van der Waals surface area contributed by atoms with Gasteiger partial charge >= 0.3 is 0 Å². The Morgan fingerprint density at radius 3 is 2.54 bits per heavy atom. The summed E-state index contributed by atoms with van der Waals surface area (Å²) in [7, 11) is 0. The summed E-state index contributed by atoms with van der Waals surface area (Å²) in [4.78, 5) is 0. The van der Waals surface area contributed by atoms with E-state index in [0.717, 1.165) is 12.0 Å². The largest absolute Gasteiger partial charge is 0.102 e. The molecule has 0 bridgehead atoms. The van der Waals surface area contributed by atoms with Crippen LogP contribution < -0.4 is 0 Å². The predicted molar refractivity (Wildman–Crippen MR) is 60.4 cm³/mol. The van der Waals surface area contributed by atoms with Crippen molar-refractivity contribution in [2.75, 3.05) is 0 Å². The van der Waals surface area contributed by atoms with E-state index in [1.165, 1.54) is 6.42 Å². The van der Waals surface area contributed by atoms with E-state index in [4.69, 9.17) is 0 Å². The van der Waals surface area contributed by atoms with Crippen molar-refractivity contribution >= 4 is 0 Å². The molecule has 0 N–H and O–H groups in total. The van der Waals surface area contributed by atoms with Gasteiger partial charge in [0.15, 0.2) is 0 Å². The monoisotopic (exact) mass is 176 g/mol. The van der Waals surface area contributed by atoms with Crippen LogP contribution in [0.1, 0.15) is 40.5 Å². The Morgan fingerprint density at radius 1 is 1.54 bits per heavy atom. The van der Waals surface area contributed by atoms with Crippen molar-refractivity contribution in [1.82, 2.24) is 0 Å². The summed E-state index contributed by atoms with van der Waals surface area (Å²) in [5.41, 5.74) is 1.25. The highest BCUT2D eigenvalue weighted by Gasteiger charge is 2.15.